The maximum absolute atomic E-state index is 11.8. The van der Waals surface area contributed by atoms with E-state index in [0.29, 0.717) is 6.29 Å². The first-order valence-corrected chi connectivity index (χ1v) is 6.80. The van der Waals surface area contributed by atoms with Crippen LogP contribution in [0.1, 0.15) is 32.4 Å². The molecule has 1 amide bonds. The molecule has 1 atom stereocenters. The van der Waals surface area contributed by atoms with Gasteiger partial charge in [-0.3, -0.25) is 0 Å². The number of fused-ring (bicyclic) bond motifs is 1. The fraction of sp³-hybridized carbons (Fsp3) is 0.375. The zero-order chi connectivity index (χ0) is 15.6. The number of nitrogens with zero attached hydrogens (tertiary/aromatic N) is 1. The molecule has 2 aromatic rings. The van der Waals surface area contributed by atoms with Crippen molar-refractivity contribution in [3.63, 3.8) is 0 Å². The Morgan fingerprint density at radius 3 is 2.67 bits per heavy atom. The highest BCUT2D eigenvalue weighted by atomic mass is 16.6. The number of carbonyl (C=O) groups is 2. The van der Waals surface area contributed by atoms with Crippen molar-refractivity contribution < 1.29 is 14.3 Å². The van der Waals surface area contributed by atoms with Crippen molar-refractivity contribution in [3.05, 3.63) is 36.0 Å². The van der Waals surface area contributed by atoms with Crippen molar-refractivity contribution in [2.75, 3.05) is 0 Å². The zero-order valence-corrected chi connectivity index (χ0v) is 12.7. The molecule has 0 saturated carbocycles. The molecule has 21 heavy (non-hydrogen) atoms. The minimum Gasteiger partial charge on any atom is -0.444 e. The average Bonchev–Trinajstić information content (AvgIpc) is 2.75. The monoisotopic (exact) mass is 288 g/mol. The van der Waals surface area contributed by atoms with Gasteiger partial charge < -0.3 is 19.4 Å². The van der Waals surface area contributed by atoms with Crippen LogP contribution >= 0.6 is 0 Å². The summed E-state index contributed by atoms with van der Waals surface area (Å²) in [5, 5.41) is 3.60. The quantitative estimate of drug-likeness (QED) is 0.883. The first-order chi connectivity index (χ1) is 9.80. The van der Waals surface area contributed by atoms with E-state index in [1.54, 1.807) is 20.8 Å². The Bertz CT molecular complexity index is 668. The lowest BCUT2D eigenvalue weighted by Crippen LogP contribution is -2.35. The number of hydrogen-bond acceptors (Lipinski definition) is 3. The molecule has 1 heterocycles. The zero-order valence-electron chi connectivity index (χ0n) is 12.7. The summed E-state index contributed by atoms with van der Waals surface area (Å²) in [6.45, 7) is 5.33. The Balaban J connectivity index is 2.19. The van der Waals surface area contributed by atoms with Crippen LogP contribution in [0.15, 0.2) is 30.5 Å². The van der Waals surface area contributed by atoms with E-state index in [1.807, 2.05) is 42.1 Å². The van der Waals surface area contributed by atoms with E-state index in [2.05, 4.69) is 5.32 Å². The second-order valence-electron chi connectivity index (χ2n) is 6.00. The molecule has 112 valence electrons. The van der Waals surface area contributed by atoms with Crippen LogP contribution in [0.5, 0.6) is 0 Å². The highest BCUT2D eigenvalue weighted by molar-refractivity contribution is 5.83. The lowest BCUT2D eigenvalue weighted by molar-refractivity contribution is -0.109. The van der Waals surface area contributed by atoms with Crippen LogP contribution in [-0.2, 0) is 16.6 Å². The summed E-state index contributed by atoms with van der Waals surface area (Å²) >= 11 is 0. The average molecular weight is 288 g/mol. The number of carbonyl (C=O) groups excluding carboxylic acids is 2. The maximum Gasteiger partial charge on any atom is 0.408 e. The molecule has 5 heteroatoms. The fourth-order valence-corrected chi connectivity index (χ4v) is 2.12. The number of nitrogens with one attached hydrogen (secondary N) is 1. The molecule has 1 N–H and O–H groups in total. The Kier molecular flexibility index (Phi) is 4.02. The number of hydrogen-bond donors (Lipinski definition) is 1. The number of aldehydes is 1. The summed E-state index contributed by atoms with van der Waals surface area (Å²) in [5.74, 6) is 0. The Morgan fingerprint density at radius 1 is 1.33 bits per heavy atom. The van der Waals surface area contributed by atoms with Gasteiger partial charge in [0.15, 0.2) is 0 Å². The molecule has 0 fully saturated rings. The smallest absolute Gasteiger partial charge is 0.408 e. The van der Waals surface area contributed by atoms with Crippen LogP contribution in [0.2, 0.25) is 0 Å². The van der Waals surface area contributed by atoms with E-state index in [4.69, 9.17) is 4.74 Å². The molecule has 0 aliphatic heterocycles. The van der Waals surface area contributed by atoms with Crippen LogP contribution in [0.4, 0.5) is 4.79 Å². The molecule has 0 aliphatic rings. The van der Waals surface area contributed by atoms with Crippen molar-refractivity contribution >= 4 is 23.3 Å². The van der Waals surface area contributed by atoms with Crippen molar-refractivity contribution in [1.29, 1.82) is 0 Å². The number of aryl methyl sites for hydroxylation is 1. The van der Waals surface area contributed by atoms with Crippen LogP contribution in [0.3, 0.4) is 0 Å². The second kappa shape index (κ2) is 5.60. The number of rotatable bonds is 3. The number of aromatic nitrogens is 1. The first kappa shape index (κ1) is 15.1. The molecule has 0 radical (unpaired) electrons. The first-order valence-electron chi connectivity index (χ1n) is 6.80. The predicted molar refractivity (Wildman–Crippen MR) is 81.1 cm³/mol. The molecule has 1 aromatic heterocycles. The minimum atomic E-state index is -0.718. The van der Waals surface area contributed by atoms with Crippen LogP contribution in [0.25, 0.3) is 10.9 Å². The Hall–Kier alpha value is -2.30. The molecule has 1 unspecified atom stereocenters. The van der Waals surface area contributed by atoms with Gasteiger partial charge in [0.2, 0.25) is 0 Å². The maximum atomic E-state index is 11.8. The molecule has 5 nitrogen and oxygen atoms in total. The van der Waals surface area contributed by atoms with Gasteiger partial charge in [0.25, 0.3) is 0 Å². The van der Waals surface area contributed by atoms with Gasteiger partial charge >= 0.3 is 6.09 Å². The summed E-state index contributed by atoms with van der Waals surface area (Å²) in [6.07, 6.45) is 2.05. The van der Waals surface area contributed by atoms with Gasteiger partial charge in [-0.25, -0.2) is 4.79 Å². The van der Waals surface area contributed by atoms with Gasteiger partial charge in [-0.05, 0) is 49.9 Å². The normalized spacial score (nSPS) is 13.0. The van der Waals surface area contributed by atoms with Crippen molar-refractivity contribution in [3.8, 4) is 0 Å². The van der Waals surface area contributed by atoms with E-state index in [0.717, 1.165) is 16.5 Å². The third kappa shape index (κ3) is 3.62. The van der Waals surface area contributed by atoms with Gasteiger partial charge in [-0.1, -0.05) is 6.07 Å². The number of alkyl carbamates (subject to hydrolysis) is 1. The van der Waals surface area contributed by atoms with Gasteiger partial charge in [-0.2, -0.15) is 0 Å². The van der Waals surface area contributed by atoms with E-state index >= 15 is 0 Å². The molecule has 2 rings (SSSR count). The summed E-state index contributed by atoms with van der Waals surface area (Å²) in [4.78, 5) is 23.0. The second-order valence-corrected chi connectivity index (χ2v) is 6.00. The fourth-order valence-electron chi connectivity index (χ4n) is 2.12. The summed E-state index contributed by atoms with van der Waals surface area (Å²) < 4.78 is 7.17. The number of benzene rings is 1. The van der Waals surface area contributed by atoms with Crippen LogP contribution < -0.4 is 5.32 Å². The number of ether oxygens (including phenoxy) is 1. The number of amides is 1. The topological polar surface area (TPSA) is 60.3 Å². The molecule has 0 bridgehead atoms. The van der Waals surface area contributed by atoms with Gasteiger partial charge in [0.1, 0.15) is 17.9 Å². The highest BCUT2D eigenvalue weighted by Gasteiger charge is 2.20. The van der Waals surface area contributed by atoms with Crippen LogP contribution in [0, 0.1) is 0 Å². The van der Waals surface area contributed by atoms with E-state index in [-0.39, 0.29) is 0 Å². The van der Waals surface area contributed by atoms with Crippen LogP contribution in [-0.4, -0.2) is 22.5 Å². The lowest BCUT2D eigenvalue weighted by atomic mass is 10.1. The van der Waals surface area contributed by atoms with Crippen molar-refractivity contribution in [2.45, 2.75) is 32.4 Å². The van der Waals surface area contributed by atoms with Gasteiger partial charge in [-0.15, -0.1) is 0 Å². The molecule has 0 spiro atoms. The Labute approximate surface area is 123 Å². The standard InChI is InChI=1S/C16H20N2O3/c1-16(2,3)21-15(20)17-13(10-19)11-5-6-14-12(9-11)7-8-18(14)4/h5-10,13H,1-4H3,(H,17,20). The molecule has 1 aromatic carbocycles. The molecular formula is C16H20N2O3. The molecular weight excluding hydrogens is 268 g/mol. The van der Waals surface area contributed by atoms with E-state index in [9.17, 15) is 9.59 Å². The lowest BCUT2D eigenvalue weighted by Gasteiger charge is -2.21. The van der Waals surface area contributed by atoms with Crippen molar-refractivity contribution in [1.82, 2.24) is 9.88 Å². The largest absolute Gasteiger partial charge is 0.444 e. The summed E-state index contributed by atoms with van der Waals surface area (Å²) in [5.41, 5.74) is 1.20. The van der Waals surface area contributed by atoms with E-state index in [1.165, 1.54) is 0 Å². The predicted octanol–water partition coefficient (Wildman–Crippen LogP) is 2.94. The third-order valence-corrected chi connectivity index (χ3v) is 3.08. The molecule has 0 aliphatic carbocycles. The van der Waals surface area contributed by atoms with E-state index < -0.39 is 17.7 Å². The van der Waals surface area contributed by atoms with Gasteiger partial charge in [0.05, 0.1) is 0 Å². The summed E-state index contributed by atoms with van der Waals surface area (Å²) in [7, 11) is 1.96. The minimum absolute atomic E-state index is 0.596. The van der Waals surface area contributed by atoms with Gasteiger partial charge in [0, 0.05) is 18.8 Å². The molecule has 0 saturated heterocycles. The highest BCUT2D eigenvalue weighted by Crippen LogP contribution is 2.20. The SMILES string of the molecule is Cn1ccc2cc(C(C=O)NC(=O)OC(C)(C)C)ccc21. The Morgan fingerprint density at radius 2 is 2.05 bits per heavy atom. The third-order valence-electron chi connectivity index (χ3n) is 3.08. The van der Waals surface area contributed by atoms with Crippen molar-refractivity contribution in [2.24, 2.45) is 7.05 Å². The summed E-state index contributed by atoms with van der Waals surface area (Å²) in [6, 6.07) is 6.90.